The Morgan fingerprint density at radius 1 is 1.40 bits per heavy atom. The fourth-order valence-corrected chi connectivity index (χ4v) is 3.25. The molecule has 1 aliphatic heterocycles. The van der Waals surface area contributed by atoms with Gasteiger partial charge in [-0.05, 0) is 25.5 Å². The van der Waals surface area contributed by atoms with Gasteiger partial charge in [-0.3, -0.25) is 4.79 Å². The number of esters is 1. The molecule has 2 rings (SSSR count). The first-order chi connectivity index (χ1) is 9.25. The second-order valence-corrected chi connectivity index (χ2v) is 6.24. The van der Waals surface area contributed by atoms with E-state index in [1.807, 2.05) is 26.8 Å². The molecule has 0 aromatic carbocycles. The molecule has 1 atom stereocenters. The monoisotopic (exact) mass is 284 g/mol. The molecule has 20 heavy (non-hydrogen) atoms. The van der Waals surface area contributed by atoms with E-state index in [4.69, 9.17) is 14.2 Å². The summed E-state index contributed by atoms with van der Waals surface area (Å²) in [6.45, 7) is 8.84. The minimum absolute atomic E-state index is 0.0494. The largest absolute Gasteiger partial charge is 0.466 e. The van der Waals surface area contributed by atoms with E-state index in [9.17, 15) is 9.90 Å². The summed E-state index contributed by atoms with van der Waals surface area (Å²) in [6, 6.07) is 0. The molecule has 1 aliphatic carbocycles. The lowest BCUT2D eigenvalue weighted by atomic mass is 9.62. The molecule has 0 amide bonds. The first kappa shape index (κ1) is 15.5. The Labute approximate surface area is 119 Å². The Balaban J connectivity index is 2.30. The molecule has 5 heteroatoms. The predicted octanol–water partition coefficient (Wildman–Crippen LogP) is 1.79. The zero-order valence-electron chi connectivity index (χ0n) is 12.7. The number of rotatable bonds is 3. The Kier molecular flexibility index (Phi) is 3.97. The zero-order chi connectivity index (χ0) is 15.0. The molecular weight excluding hydrogens is 260 g/mol. The van der Waals surface area contributed by atoms with Crippen LogP contribution in [0, 0.1) is 5.41 Å². The molecule has 114 valence electrons. The van der Waals surface area contributed by atoms with Crippen molar-refractivity contribution in [3.8, 4) is 0 Å². The maximum Gasteiger partial charge on any atom is 0.309 e. The van der Waals surface area contributed by atoms with Crippen molar-refractivity contribution in [2.75, 3.05) is 19.8 Å². The molecule has 5 nitrogen and oxygen atoms in total. The lowest BCUT2D eigenvalue weighted by molar-refractivity contribution is -0.187. The van der Waals surface area contributed by atoms with Crippen molar-refractivity contribution in [2.45, 2.75) is 51.9 Å². The van der Waals surface area contributed by atoms with Crippen LogP contribution in [0.4, 0.5) is 0 Å². The number of hydrogen-bond donors (Lipinski definition) is 1. The van der Waals surface area contributed by atoms with Gasteiger partial charge in [-0.15, -0.1) is 0 Å². The highest BCUT2D eigenvalue weighted by atomic mass is 16.7. The Morgan fingerprint density at radius 3 is 2.50 bits per heavy atom. The maximum absolute atomic E-state index is 11.8. The highest BCUT2D eigenvalue weighted by Crippen LogP contribution is 2.51. The molecule has 0 aromatic heterocycles. The van der Waals surface area contributed by atoms with Crippen LogP contribution in [0.3, 0.4) is 0 Å². The Hall–Kier alpha value is -0.910. The molecule has 0 aromatic rings. The van der Waals surface area contributed by atoms with E-state index in [-0.39, 0.29) is 12.4 Å². The molecule has 1 fully saturated rings. The number of carbonyl (C=O) groups excluding carboxylic acids is 1. The molecule has 0 saturated carbocycles. The van der Waals surface area contributed by atoms with E-state index in [1.54, 1.807) is 6.92 Å². The zero-order valence-corrected chi connectivity index (χ0v) is 12.7. The summed E-state index contributed by atoms with van der Waals surface area (Å²) >= 11 is 0. The highest BCUT2D eigenvalue weighted by Gasteiger charge is 2.56. The fourth-order valence-electron chi connectivity index (χ4n) is 3.25. The average molecular weight is 284 g/mol. The summed E-state index contributed by atoms with van der Waals surface area (Å²) in [5.41, 5.74) is -1.09. The number of aliphatic hydroxyl groups is 1. The lowest BCUT2D eigenvalue weighted by Crippen LogP contribution is -2.55. The van der Waals surface area contributed by atoms with E-state index in [2.05, 4.69) is 0 Å². The van der Waals surface area contributed by atoms with Gasteiger partial charge in [0.05, 0.1) is 26.2 Å². The van der Waals surface area contributed by atoms with E-state index >= 15 is 0 Å². The first-order valence-corrected chi connectivity index (χ1v) is 7.10. The molecule has 1 spiro atoms. The van der Waals surface area contributed by atoms with Crippen molar-refractivity contribution in [2.24, 2.45) is 5.41 Å². The van der Waals surface area contributed by atoms with Crippen LogP contribution in [0.5, 0.6) is 0 Å². The number of hydrogen-bond acceptors (Lipinski definition) is 5. The van der Waals surface area contributed by atoms with Gasteiger partial charge >= 0.3 is 5.97 Å². The number of ether oxygens (including phenoxy) is 3. The third-order valence-corrected chi connectivity index (χ3v) is 4.38. The fraction of sp³-hybridized carbons (Fsp3) is 0.800. The quantitative estimate of drug-likeness (QED) is 0.632. The predicted molar refractivity (Wildman–Crippen MR) is 73.0 cm³/mol. The van der Waals surface area contributed by atoms with Crippen molar-refractivity contribution in [1.29, 1.82) is 0 Å². The third-order valence-electron chi connectivity index (χ3n) is 4.38. The first-order valence-electron chi connectivity index (χ1n) is 7.10. The van der Waals surface area contributed by atoms with E-state index in [1.165, 1.54) is 0 Å². The van der Waals surface area contributed by atoms with Gasteiger partial charge in [0.1, 0.15) is 5.60 Å². The van der Waals surface area contributed by atoms with E-state index in [0.717, 1.165) is 0 Å². The van der Waals surface area contributed by atoms with Crippen molar-refractivity contribution < 1.29 is 24.1 Å². The summed E-state index contributed by atoms with van der Waals surface area (Å²) in [6.07, 6.45) is 2.27. The van der Waals surface area contributed by atoms with Crippen LogP contribution < -0.4 is 0 Å². The van der Waals surface area contributed by atoms with Crippen LogP contribution in [0.1, 0.15) is 40.5 Å². The van der Waals surface area contributed by atoms with Gasteiger partial charge in [0.25, 0.3) is 0 Å². The topological polar surface area (TPSA) is 65.0 Å². The van der Waals surface area contributed by atoms with Crippen LogP contribution in [-0.2, 0) is 19.0 Å². The third kappa shape index (κ3) is 2.50. The minimum atomic E-state index is -1.24. The number of carbonyl (C=O) groups is 1. The second-order valence-electron chi connectivity index (χ2n) is 6.24. The van der Waals surface area contributed by atoms with Crippen LogP contribution in [0.15, 0.2) is 11.6 Å². The minimum Gasteiger partial charge on any atom is -0.466 e. The summed E-state index contributed by atoms with van der Waals surface area (Å²) in [5, 5.41) is 11.0. The van der Waals surface area contributed by atoms with Gasteiger partial charge < -0.3 is 19.3 Å². The molecule has 1 saturated heterocycles. The summed E-state index contributed by atoms with van der Waals surface area (Å²) in [5.74, 6) is -1.14. The molecule has 0 radical (unpaired) electrons. The van der Waals surface area contributed by atoms with Crippen molar-refractivity contribution >= 4 is 5.97 Å². The van der Waals surface area contributed by atoms with Crippen LogP contribution in [0.2, 0.25) is 0 Å². The summed E-state index contributed by atoms with van der Waals surface area (Å²) in [7, 11) is 0. The van der Waals surface area contributed by atoms with Gasteiger partial charge in [-0.25, -0.2) is 0 Å². The lowest BCUT2D eigenvalue weighted by Gasteiger charge is -2.50. The van der Waals surface area contributed by atoms with Gasteiger partial charge in [-0.2, -0.15) is 0 Å². The molecule has 1 heterocycles. The van der Waals surface area contributed by atoms with Crippen molar-refractivity contribution in [3.05, 3.63) is 11.6 Å². The second kappa shape index (κ2) is 5.13. The molecule has 1 unspecified atom stereocenters. The maximum atomic E-state index is 11.8. The summed E-state index contributed by atoms with van der Waals surface area (Å²) in [4.78, 5) is 11.8. The smallest absolute Gasteiger partial charge is 0.309 e. The van der Waals surface area contributed by atoms with Gasteiger partial charge in [0, 0.05) is 11.8 Å². The molecular formula is C15H24O5. The van der Waals surface area contributed by atoms with Gasteiger partial charge in [0.15, 0.2) is 5.79 Å². The SMILES string of the molecule is CCOC(=O)CC1(O)C(C)=CC2(CC1(C)C)OCCO2. The van der Waals surface area contributed by atoms with Crippen molar-refractivity contribution in [1.82, 2.24) is 0 Å². The van der Waals surface area contributed by atoms with Crippen LogP contribution in [-0.4, -0.2) is 42.3 Å². The Bertz CT molecular complexity index is 420. The average Bonchev–Trinajstić information content (AvgIpc) is 2.74. The van der Waals surface area contributed by atoms with Crippen LogP contribution in [0.25, 0.3) is 0 Å². The molecule has 1 N–H and O–H groups in total. The van der Waals surface area contributed by atoms with E-state index < -0.39 is 16.8 Å². The van der Waals surface area contributed by atoms with E-state index in [0.29, 0.717) is 31.8 Å². The van der Waals surface area contributed by atoms with Crippen LogP contribution >= 0.6 is 0 Å². The molecule has 2 aliphatic rings. The highest BCUT2D eigenvalue weighted by molar-refractivity contribution is 5.72. The van der Waals surface area contributed by atoms with Crippen molar-refractivity contribution in [3.63, 3.8) is 0 Å². The normalized spacial score (nSPS) is 31.1. The molecule has 0 bridgehead atoms. The van der Waals surface area contributed by atoms with Gasteiger partial charge in [0.2, 0.25) is 0 Å². The summed E-state index contributed by atoms with van der Waals surface area (Å²) < 4.78 is 16.4. The standard InChI is InChI=1S/C15H24O5/c1-5-18-12(16)9-15(17)11(2)8-14(10-13(15,3)4)19-6-7-20-14/h8,17H,5-7,9-10H2,1-4H3. The van der Waals surface area contributed by atoms with Gasteiger partial charge in [-0.1, -0.05) is 13.8 Å². The Morgan fingerprint density at radius 2 is 2.00 bits per heavy atom.